The number of rotatable bonds is 4. The van der Waals surface area contributed by atoms with Crippen LogP contribution in [0.4, 0.5) is 0 Å². The lowest BCUT2D eigenvalue weighted by Crippen LogP contribution is -2.28. The molecule has 3 heteroatoms. The molecule has 0 radical (unpaired) electrons. The lowest BCUT2D eigenvalue weighted by atomic mass is 9.80. The third kappa shape index (κ3) is 3.44. The molecule has 0 spiro atoms. The quantitative estimate of drug-likeness (QED) is 0.711. The molecule has 1 atom stereocenters. The smallest absolute Gasteiger partial charge is 0.140 e. The molecule has 0 heterocycles. The largest absolute Gasteiger partial charge is 0.376 e. The van der Waals surface area contributed by atoms with Gasteiger partial charge in [-0.1, -0.05) is 71.8 Å². The molecule has 0 aromatic heterocycles. The Bertz CT molecular complexity index is 833. The van der Waals surface area contributed by atoms with Crippen molar-refractivity contribution in [1.82, 2.24) is 0 Å². The van der Waals surface area contributed by atoms with Crippen molar-refractivity contribution in [2.24, 2.45) is 0 Å². The van der Waals surface area contributed by atoms with Gasteiger partial charge in [-0.3, -0.25) is 4.21 Å². The second kappa shape index (κ2) is 6.95. The van der Waals surface area contributed by atoms with Gasteiger partial charge in [0.2, 0.25) is 0 Å². The number of hydrogen-bond acceptors (Lipinski definition) is 2. The van der Waals surface area contributed by atoms with Crippen LogP contribution in [0.25, 0.3) is 0 Å². The van der Waals surface area contributed by atoms with Crippen LogP contribution in [0.15, 0.2) is 77.7 Å². The fraction of sp³-hybridized carbons (Fsp3) is 0.182. The van der Waals surface area contributed by atoms with Crippen LogP contribution < -0.4 is 0 Å². The summed E-state index contributed by atoms with van der Waals surface area (Å²) >= 11 is 0. The maximum Gasteiger partial charge on any atom is 0.140 e. The standard InChI is InChI=1S/C22H22O2S/c1-16-4-8-18(9-5-16)22(23,19-10-6-17(2)7-11-19)20-12-14-21(15-13-20)25(3)24/h4-15,23H,1-3H3. The second-order valence-electron chi connectivity index (χ2n) is 6.42. The number of hydrogen-bond donors (Lipinski definition) is 1. The molecule has 3 aromatic carbocycles. The summed E-state index contributed by atoms with van der Waals surface area (Å²) in [4.78, 5) is 0.749. The summed E-state index contributed by atoms with van der Waals surface area (Å²) in [5.74, 6) is 0. The van der Waals surface area contributed by atoms with Crippen molar-refractivity contribution in [2.75, 3.05) is 6.26 Å². The Labute approximate surface area is 151 Å². The zero-order valence-corrected chi connectivity index (χ0v) is 15.5. The first kappa shape index (κ1) is 17.6. The highest BCUT2D eigenvalue weighted by Gasteiger charge is 2.33. The average Bonchev–Trinajstić information content (AvgIpc) is 2.62. The van der Waals surface area contributed by atoms with E-state index in [4.69, 9.17) is 0 Å². The highest BCUT2D eigenvalue weighted by Crippen LogP contribution is 2.37. The Morgan fingerprint density at radius 1 is 0.680 bits per heavy atom. The van der Waals surface area contributed by atoms with Gasteiger partial charge >= 0.3 is 0 Å². The summed E-state index contributed by atoms with van der Waals surface area (Å²) in [6.45, 7) is 4.06. The van der Waals surface area contributed by atoms with E-state index in [1.807, 2.05) is 86.6 Å². The average molecular weight is 350 g/mol. The predicted molar refractivity (Wildman–Crippen MR) is 103 cm³/mol. The van der Waals surface area contributed by atoms with Gasteiger partial charge in [-0.25, -0.2) is 0 Å². The van der Waals surface area contributed by atoms with Crippen LogP contribution in [-0.4, -0.2) is 15.6 Å². The first-order valence-electron chi connectivity index (χ1n) is 8.22. The Hall–Kier alpha value is -2.23. The lowest BCUT2D eigenvalue weighted by molar-refractivity contribution is 0.125. The van der Waals surface area contributed by atoms with Crippen molar-refractivity contribution in [2.45, 2.75) is 24.3 Å². The van der Waals surface area contributed by atoms with Crippen LogP contribution in [0.5, 0.6) is 0 Å². The van der Waals surface area contributed by atoms with Crippen molar-refractivity contribution < 1.29 is 9.32 Å². The first-order chi connectivity index (χ1) is 11.9. The molecule has 0 bridgehead atoms. The molecule has 0 aliphatic carbocycles. The van der Waals surface area contributed by atoms with Gasteiger partial charge in [0.05, 0.1) is 0 Å². The third-order valence-electron chi connectivity index (χ3n) is 4.54. The van der Waals surface area contributed by atoms with Gasteiger partial charge in [-0.2, -0.15) is 0 Å². The minimum absolute atomic E-state index is 0.749. The monoisotopic (exact) mass is 350 g/mol. The van der Waals surface area contributed by atoms with E-state index >= 15 is 0 Å². The molecule has 0 saturated heterocycles. The molecule has 2 nitrogen and oxygen atoms in total. The van der Waals surface area contributed by atoms with Crippen LogP contribution in [0.1, 0.15) is 27.8 Å². The van der Waals surface area contributed by atoms with Gasteiger partial charge in [0.1, 0.15) is 5.60 Å². The van der Waals surface area contributed by atoms with E-state index in [9.17, 15) is 9.32 Å². The highest BCUT2D eigenvalue weighted by atomic mass is 32.2. The number of aliphatic hydroxyl groups is 1. The van der Waals surface area contributed by atoms with Gasteiger partial charge in [0.25, 0.3) is 0 Å². The van der Waals surface area contributed by atoms with Crippen LogP contribution >= 0.6 is 0 Å². The van der Waals surface area contributed by atoms with Crippen LogP contribution in [0.3, 0.4) is 0 Å². The molecule has 1 unspecified atom stereocenters. The fourth-order valence-corrected chi connectivity index (χ4v) is 3.50. The van der Waals surface area contributed by atoms with Crippen molar-refractivity contribution in [3.05, 3.63) is 101 Å². The number of benzene rings is 3. The summed E-state index contributed by atoms with van der Waals surface area (Å²) in [5.41, 5.74) is 3.42. The molecule has 3 rings (SSSR count). The molecule has 3 aromatic rings. The van der Waals surface area contributed by atoms with Crippen LogP contribution in [0, 0.1) is 13.8 Å². The molecule has 1 N–H and O–H groups in total. The summed E-state index contributed by atoms with van der Waals surface area (Å²) in [5, 5.41) is 11.8. The molecular weight excluding hydrogens is 328 g/mol. The SMILES string of the molecule is Cc1ccc(C(O)(c2ccc(C)cc2)c2ccc(S(C)=O)cc2)cc1. The second-order valence-corrected chi connectivity index (χ2v) is 7.80. The third-order valence-corrected chi connectivity index (χ3v) is 5.48. The predicted octanol–water partition coefficient (Wildman–Crippen LogP) is 4.33. The summed E-state index contributed by atoms with van der Waals surface area (Å²) in [6, 6.07) is 23.2. The maximum absolute atomic E-state index is 11.8. The van der Waals surface area contributed by atoms with E-state index in [2.05, 4.69) is 0 Å². The Balaban J connectivity index is 2.19. The van der Waals surface area contributed by atoms with E-state index in [0.29, 0.717) is 0 Å². The van der Waals surface area contributed by atoms with Gasteiger partial charge in [0, 0.05) is 22.0 Å². The minimum Gasteiger partial charge on any atom is -0.376 e. The van der Waals surface area contributed by atoms with E-state index in [0.717, 1.165) is 32.7 Å². The zero-order valence-electron chi connectivity index (χ0n) is 14.7. The molecule has 0 saturated carbocycles. The van der Waals surface area contributed by atoms with Crippen molar-refractivity contribution in [3.63, 3.8) is 0 Å². The Morgan fingerprint density at radius 3 is 1.32 bits per heavy atom. The lowest BCUT2D eigenvalue weighted by Gasteiger charge is -2.30. The van der Waals surface area contributed by atoms with E-state index in [1.54, 1.807) is 6.26 Å². The zero-order chi connectivity index (χ0) is 18.0. The molecule has 0 fully saturated rings. The Kier molecular flexibility index (Phi) is 4.89. The van der Waals surface area contributed by atoms with Gasteiger partial charge in [0.15, 0.2) is 0 Å². The molecule has 0 aliphatic heterocycles. The molecule has 0 aliphatic rings. The van der Waals surface area contributed by atoms with E-state index in [-0.39, 0.29) is 0 Å². The molecule has 0 amide bonds. The number of aryl methyl sites for hydroxylation is 2. The highest BCUT2D eigenvalue weighted by molar-refractivity contribution is 7.84. The Morgan fingerprint density at radius 2 is 1.00 bits per heavy atom. The summed E-state index contributed by atoms with van der Waals surface area (Å²) in [7, 11) is -1.04. The minimum atomic E-state index is -1.25. The van der Waals surface area contributed by atoms with Crippen LogP contribution in [-0.2, 0) is 16.4 Å². The van der Waals surface area contributed by atoms with Gasteiger partial charge in [-0.05, 0) is 42.7 Å². The molecule has 128 valence electrons. The van der Waals surface area contributed by atoms with Crippen molar-refractivity contribution in [1.29, 1.82) is 0 Å². The van der Waals surface area contributed by atoms with E-state index in [1.165, 1.54) is 0 Å². The summed E-state index contributed by atoms with van der Waals surface area (Å²) in [6.07, 6.45) is 1.65. The maximum atomic E-state index is 11.8. The van der Waals surface area contributed by atoms with E-state index < -0.39 is 16.4 Å². The first-order valence-corrected chi connectivity index (χ1v) is 9.77. The molecular formula is C22H22O2S. The topological polar surface area (TPSA) is 37.3 Å². The van der Waals surface area contributed by atoms with Gasteiger partial charge in [-0.15, -0.1) is 0 Å². The van der Waals surface area contributed by atoms with Crippen molar-refractivity contribution >= 4 is 10.8 Å². The van der Waals surface area contributed by atoms with Gasteiger partial charge < -0.3 is 5.11 Å². The normalized spacial score (nSPS) is 12.8. The van der Waals surface area contributed by atoms with Crippen molar-refractivity contribution in [3.8, 4) is 0 Å². The van der Waals surface area contributed by atoms with Crippen LogP contribution in [0.2, 0.25) is 0 Å². The molecule has 25 heavy (non-hydrogen) atoms. The fourth-order valence-electron chi connectivity index (χ4n) is 2.98. The summed E-state index contributed by atoms with van der Waals surface area (Å²) < 4.78 is 11.7.